The number of nitriles is 1. The number of rotatable bonds is 7. The average molecular weight is 536 g/mol. The van der Waals surface area contributed by atoms with Crippen LogP contribution in [0.3, 0.4) is 0 Å². The van der Waals surface area contributed by atoms with Gasteiger partial charge in [0.2, 0.25) is 0 Å². The number of aromatic carboxylic acids is 1. The van der Waals surface area contributed by atoms with Crippen LogP contribution in [0.4, 0.5) is 5.69 Å². The van der Waals surface area contributed by atoms with E-state index in [1.807, 2.05) is 36.4 Å². The highest BCUT2D eigenvalue weighted by Gasteiger charge is 2.24. The first-order valence-corrected chi connectivity index (χ1v) is 12.3. The molecule has 1 N–H and O–H groups in total. The summed E-state index contributed by atoms with van der Waals surface area (Å²) in [6.45, 7) is 2.50. The van der Waals surface area contributed by atoms with Gasteiger partial charge in [-0.25, -0.2) is 4.79 Å². The number of ether oxygens (including phenoxy) is 1. The maximum atomic E-state index is 13.0. The van der Waals surface area contributed by atoms with Crippen molar-refractivity contribution in [1.29, 1.82) is 5.26 Å². The molecule has 0 atom stereocenters. The van der Waals surface area contributed by atoms with Crippen LogP contribution in [0.2, 0.25) is 10.0 Å². The van der Waals surface area contributed by atoms with E-state index in [0.29, 0.717) is 31.7 Å². The monoisotopic (exact) mass is 535 g/mol. The Morgan fingerprint density at radius 1 is 0.973 bits per heavy atom. The Morgan fingerprint density at radius 2 is 1.59 bits per heavy atom. The van der Waals surface area contributed by atoms with Crippen molar-refractivity contribution in [3.8, 4) is 11.8 Å². The van der Waals surface area contributed by atoms with Gasteiger partial charge in [-0.1, -0.05) is 53.5 Å². The molecular weight excluding hydrogens is 513 g/mol. The number of benzene rings is 3. The van der Waals surface area contributed by atoms with Crippen molar-refractivity contribution in [2.45, 2.75) is 6.61 Å². The third-order valence-electron chi connectivity index (χ3n) is 5.95. The van der Waals surface area contributed by atoms with Gasteiger partial charge in [-0.2, -0.15) is 5.26 Å². The van der Waals surface area contributed by atoms with Crippen molar-refractivity contribution in [2.24, 2.45) is 0 Å². The lowest BCUT2D eigenvalue weighted by atomic mass is 10.1. The van der Waals surface area contributed by atoms with E-state index in [0.717, 1.165) is 11.3 Å². The topological polar surface area (TPSA) is 93.9 Å². The molecule has 0 radical (unpaired) electrons. The van der Waals surface area contributed by atoms with Gasteiger partial charge < -0.3 is 19.6 Å². The van der Waals surface area contributed by atoms with Crippen LogP contribution in [0.5, 0.6) is 5.75 Å². The quantitative estimate of drug-likeness (QED) is 0.316. The second-order valence-electron chi connectivity index (χ2n) is 8.39. The van der Waals surface area contributed by atoms with E-state index in [9.17, 15) is 14.9 Å². The summed E-state index contributed by atoms with van der Waals surface area (Å²) in [5.41, 5.74) is 2.52. The molecule has 37 heavy (non-hydrogen) atoms. The molecule has 0 bridgehead atoms. The molecule has 3 aromatic carbocycles. The average Bonchev–Trinajstić information content (AvgIpc) is 2.91. The smallest absolute Gasteiger partial charge is 0.335 e. The molecule has 1 aliphatic rings. The third-order valence-corrected chi connectivity index (χ3v) is 6.52. The Kier molecular flexibility index (Phi) is 8.34. The molecule has 4 rings (SSSR count). The number of carboxylic acids is 1. The summed E-state index contributed by atoms with van der Waals surface area (Å²) in [4.78, 5) is 27.9. The SMILES string of the molecule is N#C/C(=C/c1cc(Cl)c(OCc2ccc(C(=O)O)cc2)c(Cl)c1)C(=O)N1CCN(c2ccccc2)CC1. The Balaban J connectivity index is 1.42. The number of para-hydroxylation sites is 1. The zero-order chi connectivity index (χ0) is 26.4. The first-order chi connectivity index (χ1) is 17.9. The summed E-state index contributed by atoms with van der Waals surface area (Å²) in [6.07, 6.45) is 1.47. The molecule has 1 heterocycles. The van der Waals surface area contributed by atoms with E-state index in [1.165, 1.54) is 18.2 Å². The Morgan fingerprint density at radius 3 is 2.16 bits per heavy atom. The first kappa shape index (κ1) is 26.1. The van der Waals surface area contributed by atoms with Crippen molar-refractivity contribution in [1.82, 2.24) is 4.90 Å². The molecule has 1 saturated heterocycles. The lowest BCUT2D eigenvalue weighted by Gasteiger charge is -2.36. The van der Waals surface area contributed by atoms with Crippen LogP contribution < -0.4 is 9.64 Å². The fourth-order valence-corrected chi connectivity index (χ4v) is 4.60. The van der Waals surface area contributed by atoms with E-state index >= 15 is 0 Å². The van der Waals surface area contributed by atoms with Crippen molar-refractivity contribution >= 4 is 46.8 Å². The van der Waals surface area contributed by atoms with Crippen LogP contribution >= 0.6 is 23.2 Å². The summed E-state index contributed by atoms with van der Waals surface area (Å²) in [6, 6.07) is 21.4. The number of carbonyl (C=O) groups excluding carboxylic acids is 1. The minimum Gasteiger partial charge on any atom is -0.486 e. The Labute approximate surface area is 224 Å². The van der Waals surface area contributed by atoms with Gasteiger partial charge in [-0.05, 0) is 53.6 Å². The van der Waals surface area contributed by atoms with Gasteiger partial charge in [0, 0.05) is 31.9 Å². The highest BCUT2D eigenvalue weighted by Crippen LogP contribution is 2.35. The molecule has 1 aliphatic heterocycles. The second kappa shape index (κ2) is 11.8. The summed E-state index contributed by atoms with van der Waals surface area (Å²) in [5.74, 6) is -1.09. The maximum absolute atomic E-state index is 13.0. The van der Waals surface area contributed by atoms with E-state index in [4.69, 9.17) is 33.0 Å². The van der Waals surface area contributed by atoms with Gasteiger partial charge in [0.05, 0.1) is 15.6 Å². The largest absolute Gasteiger partial charge is 0.486 e. The zero-order valence-electron chi connectivity index (χ0n) is 19.7. The fourth-order valence-electron chi connectivity index (χ4n) is 3.99. The standard InChI is InChI=1S/C28H23Cl2N3O4/c29-24-15-20(16-25(30)26(24)37-18-19-6-8-21(9-7-19)28(35)36)14-22(17-31)27(34)33-12-10-32(11-13-33)23-4-2-1-3-5-23/h1-9,14-16H,10-13,18H2,(H,35,36)/b22-14-. The van der Waals surface area contributed by atoms with Gasteiger partial charge in [-0.3, -0.25) is 4.79 Å². The van der Waals surface area contributed by atoms with Crippen LogP contribution in [0, 0.1) is 11.3 Å². The number of anilines is 1. The van der Waals surface area contributed by atoms with Gasteiger partial charge >= 0.3 is 5.97 Å². The Bertz CT molecular complexity index is 1340. The van der Waals surface area contributed by atoms with E-state index < -0.39 is 5.97 Å². The van der Waals surface area contributed by atoms with Gasteiger partial charge in [0.25, 0.3) is 5.91 Å². The number of carboxylic acid groups (broad SMARTS) is 1. The second-order valence-corrected chi connectivity index (χ2v) is 9.20. The third kappa shape index (κ3) is 6.42. The van der Waals surface area contributed by atoms with Crippen LogP contribution in [0.15, 0.2) is 72.3 Å². The molecule has 0 aromatic heterocycles. The number of amides is 1. The number of piperazine rings is 1. The molecule has 0 unspecified atom stereocenters. The summed E-state index contributed by atoms with van der Waals surface area (Å²) >= 11 is 12.8. The molecule has 0 saturated carbocycles. The van der Waals surface area contributed by atoms with Crippen molar-refractivity contribution in [3.05, 3.63) is 99.0 Å². The molecule has 3 aromatic rings. The van der Waals surface area contributed by atoms with Gasteiger partial charge in [-0.15, -0.1) is 0 Å². The van der Waals surface area contributed by atoms with Crippen LogP contribution in [-0.4, -0.2) is 48.1 Å². The highest BCUT2D eigenvalue weighted by molar-refractivity contribution is 6.37. The molecule has 1 fully saturated rings. The first-order valence-electron chi connectivity index (χ1n) is 11.5. The summed E-state index contributed by atoms with van der Waals surface area (Å²) in [5, 5.41) is 19.1. The van der Waals surface area contributed by atoms with E-state index in [1.54, 1.807) is 29.2 Å². The highest BCUT2D eigenvalue weighted by atomic mass is 35.5. The predicted molar refractivity (Wildman–Crippen MR) is 143 cm³/mol. The summed E-state index contributed by atoms with van der Waals surface area (Å²) < 4.78 is 5.75. The fraction of sp³-hybridized carbons (Fsp3) is 0.179. The van der Waals surface area contributed by atoms with Crippen molar-refractivity contribution in [3.63, 3.8) is 0 Å². The maximum Gasteiger partial charge on any atom is 0.335 e. The molecule has 7 nitrogen and oxygen atoms in total. The number of hydrogen-bond donors (Lipinski definition) is 1. The van der Waals surface area contributed by atoms with Crippen molar-refractivity contribution < 1.29 is 19.4 Å². The van der Waals surface area contributed by atoms with E-state index in [2.05, 4.69) is 4.90 Å². The normalized spacial score (nSPS) is 13.7. The lowest BCUT2D eigenvalue weighted by molar-refractivity contribution is -0.126. The van der Waals surface area contributed by atoms with Gasteiger partial charge in [0.15, 0.2) is 5.75 Å². The van der Waals surface area contributed by atoms with Crippen LogP contribution in [0.25, 0.3) is 6.08 Å². The minimum absolute atomic E-state index is 0.00696. The number of halogens is 2. The number of nitrogens with zero attached hydrogens (tertiary/aromatic N) is 3. The Hall–Kier alpha value is -3.99. The minimum atomic E-state index is -1.01. The molecule has 0 spiro atoms. The molecular formula is C28H23Cl2N3O4. The number of hydrogen-bond acceptors (Lipinski definition) is 5. The summed E-state index contributed by atoms with van der Waals surface area (Å²) in [7, 11) is 0. The van der Waals surface area contributed by atoms with E-state index in [-0.39, 0.29) is 39.4 Å². The molecule has 0 aliphatic carbocycles. The molecule has 9 heteroatoms. The van der Waals surface area contributed by atoms with Crippen LogP contribution in [-0.2, 0) is 11.4 Å². The van der Waals surface area contributed by atoms with Crippen molar-refractivity contribution in [2.75, 3.05) is 31.1 Å². The predicted octanol–water partition coefficient (Wildman–Crippen LogP) is 5.53. The molecule has 188 valence electrons. The lowest BCUT2D eigenvalue weighted by Crippen LogP contribution is -2.49. The van der Waals surface area contributed by atoms with Crippen LogP contribution in [0.1, 0.15) is 21.5 Å². The molecule has 1 amide bonds. The zero-order valence-corrected chi connectivity index (χ0v) is 21.2. The number of carbonyl (C=O) groups is 2. The van der Waals surface area contributed by atoms with Gasteiger partial charge in [0.1, 0.15) is 18.2 Å².